The average molecular weight is 274 g/mol. The lowest BCUT2D eigenvalue weighted by Gasteiger charge is -2.33. The summed E-state index contributed by atoms with van der Waals surface area (Å²) >= 11 is 0. The summed E-state index contributed by atoms with van der Waals surface area (Å²) < 4.78 is 0. The van der Waals surface area contributed by atoms with Crippen LogP contribution >= 0.6 is 0 Å². The molecule has 104 valence electrons. The third-order valence-corrected chi connectivity index (χ3v) is 3.51. The summed E-state index contributed by atoms with van der Waals surface area (Å²) in [7, 11) is 0. The van der Waals surface area contributed by atoms with Crippen LogP contribution in [0.3, 0.4) is 0 Å². The molecular formula is C12H14N6O2. The number of amides is 2. The topological polar surface area (TPSA) is 118 Å². The van der Waals surface area contributed by atoms with E-state index < -0.39 is 11.9 Å². The fourth-order valence-electron chi connectivity index (χ4n) is 2.49. The van der Waals surface area contributed by atoms with Gasteiger partial charge in [0.05, 0.1) is 5.56 Å². The second-order valence-electron chi connectivity index (χ2n) is 4.80. The molecule has 0 aromatic carbocycles. The minimum atomic E-state index is -0.538. The first-order valence-electron chi connectivity index (χ1n) is 6.43. The lowest BCUT2D eigenvalue weighted by atomic mass is 10.0. The Morgan fingerprint density at radius 1 is 1.35 bits per heavy atom. The van der Waals surface area contributed by atoms with Crippen molar-refractivity contribution in [3.05, 3.63) is 17.8 Å². The fraction of sp³-hybridized carbons (Fsp3) is 0.417. The van der Waals surface area contributed by atoms with Crippen molar-refractivity contribution in [2.75, 3.05) is 6.54 Å². The maximum atomic E-state index is 12.5. The Kier molecular flexibility index (Phi) is 3.05. The maximum Gasteiger partial charge on any atom is 0.256 e. The zero-order valence-electron chi connectivity index (χ0n) is 10.7. The number of pyridine rings is 1. The number of carbonyl (C=O) groups is 2. The van der Waals surface area contributed by atoms with Crippen molar-refractivity contribution >= 4 is 23.0 Å². The standard InChI is InChI=1S/C12H14N6O2/c13-10(19)9-3-1-2-4-18(9)12(20)7-5-8-11(14-6-7)16-17-15-8/h5-6,9H,1-4H2,(H2,13,19)(H,14,15,16,17). The molecule has 1 unspecified atom stereocenters. The number of fused-ring (bicyclic) bond motifs is 1. The van der Waals surface area contributed by atoms with Gasteiger partial charge in [0, 0.05) is 12.7 Å². The molecule has 8 heteroatoms. The van der Waals surface area contributed by atoms with Gasteiger partial charge in [-0.1, -0.05) is 0 Å². The average Bonchev–Trinajstić information content (AvgIpc) is 2.93. The van der Waals surface area contributed by atoms with E-state index in [4.69, 9.17) is 5.73 Å². The largest absolute Gasteiger partial charge is 0.368 e. The molecule has 1 atom stereocenters. The van der Waals surface area contributed by atoms with Gasteiger partial charge in [0.15, 0.2) is 0 Å². The van der Waals surface area contributed by atoms with Gasteiger partial charge in [-0.3, -0.25) is 9.59 Å². The number of rotatable bonds is 2. The SMILES string of the molecule is NC(=O)C1CCCCN1C(=O)c1cnc2n[nH]nc2c1. The van der Waals surface area contributed by atoms with Crippen LogP contribution in [0.2, 0.25) is 0 Å². The van der Waals surface area contributed by atoms with Gasteiger partial charge >= 0.3 is 0 Å². The highest BCUT2D eigenvalue weighted by Crippen LogP contribution is 2.20. The summed E-state index contributed by atoms with van der Waals surface area (Å²) in [6.45, 7) is 0.531. The van der Waals surface area contributed by atoms with Gasteiger partial charge in [0.2, 0.25) is 11.6 Å². The van der Waals surface area contributed by atoms with Crippen molar-refractivity contribution in [1.82, 2.24) is 25.3 Å². The van der Waals surface area contributed by atoms with Gasteiger partial charge in [-0.2, -0.15) is 10.3 Å². The number of aromatic nitrogens is 4. The molecule has 0 aliphatic carbocycles. The maximum absolute atomic E-state index is 12.5. The number of piperidine rings is 1. The quantitative estimate of drug-likeness (QED) is 0.788. The lowest BCUT2D eigenvalue weighted by molar-refractivity contribution is -0.123. The molecule has 0 bridgehead atoms. The molecule has 3 heterocycles. The van der Waals surface area contributed by atoms with Crippen LogP contribution in [0.15, 0.2) is 12.3 Å². The van der Waals surface area contributed by atoms with Crippen molar-refractivity contribution in [3.63, 3.8) is 0 Å². The van der Waals surface area contributed by atoms with Gasteiger partial charge in [0.25, 0.3) is 5.91 Å². The highest BCUT2D eigenvalue weighted by Gasteiger charge is 2.31. The van der Waals surface area contributed by atoms with E-state index in [0.717, 1.165) is 12.8 Å². The number of nitrogens with zero attached hydrogens (tertiary/aromatic N) is 4. The summed E-state index contributed by atoms with van der Waals surface area (Å²) in [5.41, 5.74) is 6.73. The first-order chi connectivity index (χ1) is 9.66. The Labute approximate surface area is 114 Å². The Hall–Kier alpha value is -2.51. The van der Waals surface area contributed by atoms with E-state index in [1.54, 1.807) is 6.07 Å². The van der Waals surface area contributed by atoms with Crippen LogP contribution in [0.25, 0.3) is 11.2 Å². The number of H-pyrrole nitrogens is 1. The van der Waals surface area contributed by atoms with Gasteiger partial charge < -0.3 is 10.6 Å². The molecular weight excluding hydrogens is 260 g/mol. The van der Waals surface area contributed by atoms with E-state index in [1.165, 1.54) is 11.1 Å². The summed E-state index contributed by atoms with van der Waals surface area (Å²) in [5.74, 6) is -0.709. The molecule has 0 radical (unpaired) electrons. The lowest BCUT2D eigenvalue weighted by Crippen LogP contribution is -2.50. The summed E-state index contributed by atoms with van der Waals surface area (Å²) in [6.07, 6.45) is 3.83. The van der Waals surface area contributed by atoms with Crippen molar-refractivity contribution in [1.29, 1.82) is 0 Å². The molecule has 8 nitrogen and oxygen atoms in total. The molecule has 2 amide bonds. The zero-order valence-corrected chi connectivity index (χ0v) is 10.7. The number of primary amides is 1. The molecule has 0 saturated carbocycles. The molecule has 2 aromatic heterocycles. The highest BCUT2D eigenvalue weighted by molar-refractivity contribution is 5.98. The predicted octanol–water partition coefficient (Wildman–Crippen LogP) is -0.167. The van der Waals surface area contributed by atoms with E-state index in [2.05, 4.69) is 20.4 Å². The molecule has 3 N–H and O–H groups in total. The number of carbonyl (C=O) groups excluding carboxylic acids is 2. The van der Waals surface area contributed by atoms with Gasteiger partial charge in [0.1, 0.15) is 11.6 Å². The van der Waals surface area contributed by atoms with Crippen molar-refractivity contribution in [3.8, 4) is 0 Å². The van der Waals surface area contributed by atoms with E-state index in [-0.39, 0.29) is 5.91 Å². The summed E-state index contributed by atoms with van der Waals surface area (Å²) in [6, 6.07) is 1.07. The highest BCUT2D eigenvalue weighted by atomic mass is 16.2. The first kappa shape index (κ1) is 12.5. The van der Waals surface area contributed by atoms with E-state index in [0.29, 0.717) is 29.7 Å². The smallest absolute Gasteiger partial charge is 0.256 e. The Bertz CT molecular complexity index is 667. The van der Waals surface area contributed by atoms with Gasteiger partial charge in [-0.05, 0) is 25.3 Å². The number of aromatic amines is 1. The summed E-state index contributed by atoms with van der Waals surface area (Å²) in [5, 5.41) is 10.2. The van der Waals surface area contributed by atoms with Crippen LogP contribution < -0.4 is 5.73 Å². The Balaban J connectivity index is 1.91. The second-order valence-corrected chi connectivity index (χ2v) is 4.80. The zero-order chi connectivity index (χ0) is 14.1. The van der Waals surface area contributed by atoms with Crippen molar-refractivity contribution in [2.24, 2.45) is 5.73 Å². The van der Waals surface area contributed by atoms with Crippen LogP contribution in [-0.4, -0.2) is 49.7 Å². The fourth-order valence-corrected chi connectivity index (χ4v) is 2.49. The van der Waals surface area contributed by atoms with Gasteiger partial charge in [-0.25, -0.2) is 4.98 Å². The van der Waals surface area contributed by atoms with E-state index in [1.807, 2.05) is 0 Å². The molecule has 1 aliphatic heterocycles. The van der Waals surface area contributed by atoms with E-state index in [9.17, 15) is 9.59 Å². The summed E-state index contributed by atoms with van der Waals surface area (Å²) in [4.78, 5) is 29.5. The van der Waals surface area contributed by atoms with Crippen LogP contribution in [0.1, 0.15) is 29.6 Å². The second kappa shape index (κ2) is 4.87. The molecule has 1 saturated heterocycles. The van der Waals surface area contributed by atoms with Crippen molar-refractivity contribution < 1.29 is 9.59 Å². The number of nitrogens with two attached hydrogens (primary N) is 1. The third-order valence-electron chi connectivity index (χ3n) is 3.51. The number of likely N-dealkylation sites (tertiary alicyclic amines) is 1. The van der Waals surface area contributed by atoms with E-state index >= 15 is 0 Å². The van der Waals surface area contributed by atoms with Crippen LogP contribution in [0, 0.1) is 0 Å². The Morgan fingerprint density at radius 3 is 3.00 bits per heavy atom. The third kappa shape index (κ3) is 2.09. The van der Waals surface area contributed by atoms with Gasteiger partial charge in [-0.15, -0.1) is 5.10 Å². The molecule has 3 rings (SSSR count). The minimum Gasteiger partial charge on any atom is -0.368 e. The van der Waals surface area contributed by atoms with Crippen LogP contribution in [-0.2, 0) is 4.79 Å². The Morgan fingerprint density at radius 2 is 2.20 bits per heavy atom. The number of hydrogen-bond acceptors (Lipinski definition) is 5. The van der Waals surface area contributed by atoms with Crippen molar-refractivity contribution in [2.45, 2.75) is 25.3 Å². The minimum absolute atomic E-state index is 0.245. The first-order valence-corrected chi connectivity index (χ1v) is 6.43. The molecule has 1 fully saturated rings. The molecule has 20 heavy (non-hydrogen) atoms. The van der Waals surface area contributed by atoms with Crippen LogP contribution in [0.4, 0.5) is 0 Å². The molecule has 0 spiro atoms. The number of hydrogen-bond donors (Lipinski definition) is 2. The normalized spacial score (nSPS) is 19.2. The molecule has 1 aliphatic rings. The monoisotopic (exact) mass is 274 g/mol. The van der Waals surface area contributed by atoms with Crippen LogP contribution in [0.5, 0.6) is 0 Å². The predicted molar refractivity (Wildman–Crippen MR) is 69.6 cm³/mol. The molecule has 2 aromatic rings. The number of nitrogens with one attached hydrogen (secondary N) is 1.